The number of aliphatic carboxylic acids is 1. The Morgan fingerprint density at radius 1 is 1.38 bits per heavy atom. The molecule has 10 heteroatoms. The number of aromatic nitrogens is 2. The number of hydrogen-bond acceptors (Lipinski definition) is 6. The van der Waals surface area contributed by atoms with Gasteiger partial charge in [0.25, 0.3) is 0 Å². The van der Waals surface area contributed by atoms with Crippen LogP contribution in [-0.4, -0.2) is 65.2 Å². The van der Waals surface area contributed by atoms with Gasteiger partial charge in [-0.2, -0.15) is 5.10 Å². The predicted molar refractivity (Wildman–Crippen MR) is 83.4 cm³/mol. The molecule has 2 heterocycles. The number of amides is 1. The van der Waals surface area contributed by atoms with Gasteiger partial charge < -0.3 is 14.7 Å². The smallest absolute Gasteiger partial charge is 0.410 e. The van der Waals surface area contributed by atoms with E-state index >= 15 is 0 Å². The van der Waals surface area contributed by atoms with E-state index in [2.05, 4.69) is 5.10 Å². The van der Waals surface area contributed by atoms with Gasteiger partial charge in [0.15, 0.2) is 9.84 Å². The zero-order valence-electron chi connectivity index (χ0n) is 14.0. The standard InChI is InChI=1S/C14H21N3O6S/c1-13(2,3)23-12(20)16-8-14(9-16,5-11(18)19)17-7-10(6-15-17)24(4,21)22/h6-7H,5,8-9H2,1-4H3,(H,18,19). The molecule has 0 radical (unpaired) electrons. The van der Waals surface area contributed by atoms with Crippen LogP contribution in [-0.2, 0) is 24.9 Å². The molecule has 0 atom stereocenters. The third-order valence-electron chi connectivity index (χ3n) is 3.58. The highest BCUT2D eigenvalue weighted by Gasteiger charge is 2.50. The number of rotatable bonds is 4. The topological polar surface area (TPSA) is 119 Å². The molecule has 1 N–H and O–H groups in total. The minimum Gasteiger partial charge on any atom is -0.481 e. The van der Waals surface area contributed by atoms with Crippen LogP contribution in [0.25, 0.3) is 0 Å². The lowest BCUT2D eigenvalue weighted by molar-refractivity contribution is -0.143. The van der Waals surface area contributed by atoms with Crippen molar-refractivity contribution in [1.82, 2.24) is 14.7 Å². The molecule has 1 aromatic rings. The maximum atomic E-state index is 12.0. The second-order valence-electron chi connectivity index (χ2n) is 7.02. The quantitative estimate of drug-likeness (QED) is 0.840. The number of sulfone groups is 1. The van der Waals surface area contributed by atoms with Crippen LogP contribution >= 0.6 is 0 Å². The SMILES string of the molecule is CC(C)(C)OC(=O)N1CC(CC(=O)O)(n2cc(S(C)(=O)=O)cn2)C1. The first kappa shape index (κ1) is 18.2. The van der Waals surface area contributed by atoms with Crippen LogP contribution in [0.1, 0.15) is 27.2 Å². The largest absolute Gasteiger partial charge is 0.481 e. The minimum absolute atomic E-state index is 0.00276. The summed E-state index contributed by atoms with van der Waals surface area (Å²) in [7, 11) is -3.44. The second-order valence-corrected chi connectivity index (χ2v) is 9.04. The molecule has 1 aliphatic rings. The van der Waals surface area contributed by atoms with E-state index in [1.165, 1.54) is 22.0 Å². The first-order valence-corrected chi connectivity index (χ1v) is 9.16. The van der Waals surface area contributed by atoms with Gasteiger partial charge in [0.1, 0.15) is 16.0 Å². The fourth-order valence-corrected chi connectivity index (χ4v) is 3.03. The van der Waals surface area contributed by atoms with Gasteiger partial charge in [-0.25, -0.2) is 13.2 Å². The molecule has 1 fully saturated rings. The Labute approximate surface area is 140 Å². The van der Waals surface area contributed by atoms with Crippen molar-refractivity contribution in [2.75, 3.05) is 19.3 Å². The molecule has 24 heavy (non-hydrogen) atoms. The lowest BCUT2D eigenvalue weighted by atomic mass is 9.86. The van der Waals surface area contributed by atoms with Crippen molar-refractivity contribution in [3.63, 3.8) is 0 Å². The van der Waals surface area contributed by atoms with Crippen LogP contribution in [0.5, 0.6) is 0 Å². The van der Waals surface area contributed by atoms with E-state index in [0.29, 0.717) is 0 Å². The fourth-order valence-electron chi connectivity index (χ4n) is 2.50. The van der Waals surface area contributed by atoms with E-state index in [4.69, 9.17) is 9.84 Å². The summed E-state index contributed by atoms with van der Waals surface area (Å²) in [5, 5.41) is 13.2. The van der Waals surface area contributed by atoms with E-state index < -0.39 is 33.0 Å². The van der Waals surface area contributed by atoms with E-state index in [1.807, 2.05) is 0 Å². The zero-order chi connectivity index (χ0) is 18.3. The molecule has 0 aliphatic carbocycles. The monoisotopic (exact) mass is 359 g/mol. The molecule has 0 aromatic carbocycles. The third kappa shape index (κ3) is 3.86. The van der Waals surface area contributed by atoms with Crippen molar-refractivity contribution in [2.24, 2.45) is 0 Å². The molecule has 1 saturated heterocycles. The predicted octanol–water partition coefficient (Wildman–Crippen LogP) is 0.707. The number of likely N-dealkylation sites (tertiary alicyclic amines) is 1. The summed E-state index contributed by atoms with van der Waals surface area (Å²) >= 11 is 0. The number of carbonyl (C=O) groups excluding carboxylic acids is 1. The maximum absolute atomic E-state index is 12.0. The Balaban J connectivity index is 2.21. The van der Waals surface area contributed by atoms with Crippen LogP contribution in [0.15, 0.2) is 17.3 Å². The summed E-state index contributed by atoms with van der Waals surface area (Å²) in [5.74, 6) is -1.06. The number of carbonyl (C=O) groups is 2. The van der Waals surface area contributed by atoms with Crippen molar-refractivity contribution < 1.29 is 27.9 Å². The Hall–Kier alpha value is -2.10. The molecule has 134 valence electrons. The molecule has 0 bridgehead atoms. The average Bonchev–Trinajstić information content (AvgIpc) is 2.79. The first-order valence-electron chi connectivity index (χ1n) is 7.27. The summed E-state index contributed by atoms with van der Waals surface area (Å²) in [5.41, 5.74) is -1.64. The van der Waals surface area contributed by atoms with Gasteiger partial charge in [-0.3, -0.25) is 9.48 Å². The van der Waals surface area contributed by atoms with Crippen LogP contribution in [0, 0.1) is 0 Å². The van der Waals surface area contributed by atoms with E-state index in [0.717, 1.165) is 6.26 Å². The van der Waals surface area contributed by atoms with Gasteiger partial charge >= 0.3 is 12.1 Å². The number of hydrogen-bond donors (Lipinski definition) is 1. The molecule has 9 nitrogen and oxygen atoms in total. The molecule has 0 spiro atoms. The molecule has 1 amide bonds. The van der Waals surface area contributed by atoms with Gasteiger partial charge in [-0.05, 0) is 20.8 Å². The molecule has 0 unspecified atom stereocenters. The third-order valence-corrected chi connectivity index (χ3v) is 4.64. The summed E-state index contributed by atoms with van der Waals surface area (Å²) in [6, 6.07) is 0. The van der Waals surface area contributed by atoms with Gasteiger partial charge in [0.05, 0.1) is 25.7 Å². The number of carboxylic acid groups (broad SMARTS) is 1. The molecule has 1 aromatic heterocycles. The van der Waals surface area contributed by atoms with E-state index in [9.17, 15) is 18.0 Å². The molecule has 0 saturated carbocycles. The average molecular weight is 359 g/mol. The van der Waals surface area contributed by atoms with Gasteiger partial charge in [0, 0.05) is 12.5 Å². The number of nitrogens with zero attached hydrogens (tertiary/aromatic N) is 3. The van der Waals surface area contributed by atoms with Crippen molar-refractivity contribution in [3.05, 3.63) is 12.4 Å². The first-order chi connectivity index (χ1) is 10.8. The summed E-state index contributed by atoms with van der Waals surface area (Å²) < 4.78 is 29.7. The Bertz CT molecular complexity index is 756. The maximum Gasteiger partial charge on any atom is 0.410 e. The van der Waals surface area contributed by atoms with Crippen molar-refractivity contribution in [2.45, 2.75) is 43.2 Å². The molecule has 1 aliphatic heterocycles. The lowest BCUT2D eigenvalue weighted by Gasteiger charge is -2.49. The van der Waals surface area contributed by atoms with Gasteiger partial charge in [-0.15, -0.1) is 0 Å². The summed E-state index contributed by atoms with van der Waals surface area (Å²) in [4.78, 5) is 24.6. The van der Waals surface area contributed by atoms with Gasteiger partial charge in [0.2, 0.25) is 0 Å². The molecular weight excluding hydrogens is 338 g/mol. The van der Waals surface area contributed by atoms with Gasteiger partial charge in [-0.1, -0.05) is 0 Å². The van der Waals surface area contributed by atoms with E-state index in [1.54, 1.807) is 20.8 Å². The Kier molecular flexibility index (Phi) is 4.38. The van der Waals surface area contributed by atoms with Crippen molar-refractivity contribution in [1.29, 1.82) is 0 Å². The van der Waals surface area contributed by atoms with Crippen LogP contribution in [0.4, 0.5) is 4.79 Å². The van der Waals surface area contributed by atoms with E-state index in [-0.39, 0.29) is 24.4 Å². The van der Waals surface area contributed by atoms with Crippen molar-refractivity contribution >= 4 is 21.9 Å². The lowest BCUT2D eigenvalue weighted by Crippen LogP contribution is -2.65. The highest BCUT2D eigenvalue weighted by molar-refractivity contribution is 7.90. The number of carboxylic acids is 1. The highest BCUT2D eigenvalue weighted by atomic mass is 32.2. The fraction of sp³-hybridized carbons (Fsp3) is 0.643. The molecular formula is C14H21N3O6S. The minimum atomic E-state index is -3.44. The summed E-state index contributed by atoms with van der Waals surface area (Å²) in [6.45, 7) is 5.38. The molecule has 2 rings (SSSR count). The van der Waals surface area contributed by atoms with Crippen LogP contribution < -0.4 is 0 Å². The number of ether oxygens (including phenoxy) is 1. The zero-order valence-corrected chi connectivity index (χ0v) is 14.8. The second kappa shape index (κ2) is 5.76. The normalized spacial score (nSPS) is 17.2. The summed E-state index contributed by atoms with van der Waals surface area (Å²) in [6.07, 6.45) is 2.70. The Morgan fingerprint density at radius 2 is 1.96 bits per heavy atom. The van der Waals surface area contributed by atoms with Crippen molar-refractivity contribution in [3.8, 4) is 0 Å². The van der Waals surface area contributed by atoms with Crippen LogP contribution in [0.3, 0.4) is 0 Å². The van der Waals surface area contributed by atoms with Crippen LogP contribution in [0.2, 0.25) is 0 Å². The Morgan fingerprint density at radius 3 is 2.38 bits per heavy atom. The highest BCUT2D eigenvalue weighted by Crippen LogP contribution is 2.34.